The summed E-state index contributed by atoms with van der Waals surface area (Å²) in [5.41, 5.74) is 9.22. The van der Waals surface area contributed by atoms with Gasteiger partial charge in [0.2, 0.25) is 0 Å². The van der Waals surface area contributed by atoms with E-state index in [-0.39, 0.29) is 5.92 Å². The first-order valence-corrected chi connectivity index (χ1v) is 5.80. The molecule has 0 radical (unpaired) electrons. The van der Waals surface area contributed by atoms with Crippen LogP contribution in [0.5, 0.6) is 5.75 Å². The molecular formula is C13H19NOS. The highest BCUT2D eigenvalue weighted by Gasteiger charge is 2.12. The molecule has 0 spiro atoms. The molecule has 0 aliphatic heterocycles. The van der Waals surface area contributed by atoms with Crippen molar-refractivity contribution in [3.05, 3.63) is 28.8 Å². The van der Waals surface area contributed by atoms with Crippen molar-refractivity contribution in [3.63, 3.8) is 0 Å². The van der Waals surface area contributed by atoms with Crippen LogP contribution in [0, 0.1) is 19.8 Å². The summed E-state index contributed by atoms with van der Waals surface area (Å²) < 4.78 is 5.43. The van der Waals surface area contributed by atoms with Gasteiger partial charge in [-0.15, -0.1) is 0 Å². The maximum atomic E-state index is 5.64. The van der Waals surface area contributed by atoms with Crippen molar-refractivity contribution in [2.24, 2.45) is 11.7 Å². The lowest BCUT2D eigenvalue weighted by molar-refractivity contribution is 0.405. The molecular weight excluding hydrogens is 218 g/mol. The number of ether oxygens (including phenoxy) is 1. The van der Waals surface area contributed by atoms with Crippen LogP contribution in [0.3, 0.4) is 0 Å². The number of thiocarbonyl (C=S) groups is 1. The second-order valence-electron chi connectivity index (χ2n) is 4.28. The van der Waals surface area contributed by atoms with Crippen molar-refractivity contribution < 1.29 is 4.74 Å². The molecule has 0 saturated carbocycles. The fourth-order valence-corrected chi connectivity index (χ4v) is 2.00. The molecule has 16 heavy (non-hydrogen) atoms. The molecule has 2 nitrogen and oxygen atoms in total. The predicted octanol–water partition coefficient (Wildman–Crippen LogP) is 2.78. The molecule has 0 fully saturated rings. The summed E-state index contributed by atoms with van der Waals surface area (Å²) in [6.45, 7) is 6.18. The van der Waals surface area contributed by atoms with Gasteiger partial charge in [0, 0.05) is 5.92 Å². The lowest BCUT2D eigenvalue weighted by Crippen LogP contribution is -2.20. The Balaban J connectivity index is 3.07. The van der Waals surface area contributed by atoms with Gasteiger partial charge >= 0.3 is 0 Å². The van der Waals surface area contributed by atoms with Crippen molar-refractivity contribution >= 4 is 17.2 Å². The van der Waals surface area contributed by atoms with E-state index >= 15 is 0 Å². The largest absolute Gasteiger partial charge is 0.496 e. The van der Waals surface area contributed by atoms with Crippen molar-refractivity contribution in [1.29, 1.82) is 0 Å². The third-order valence-corrected chi connectivity index (χ3v) is 3.11. The summed E-state index contributed by atoms with van der Waals surface area (Å²) in [6.07, 6.45) is 0.834. The van der Waals surface area contributed by atoms with Crippen molar-refractivity contribution in [1.82, 2.24) is 0 Å². The predicted molar refractivity (Wildman–Crippen MR) is 72.1 cm³/mol. The van der Waals surface area contributed by atoms with E-state index in [1.165, 1.54) is 11.1 Å². The van der Waals surface area contributed by atoms with Gasteiger partial charge < -0.3 is 10.5 Å². The molecule has 0 amide bonds. The molecule has 0 heterocycles. The highest BCUT2D eigenvalue weighted by Crippen LogP contribution is 2.27. The van der Waals surface area contributed by atoms with Crippen LogP contribution in [0.25, 0.3) is 0 Å². The van der Waals surface area contributed by atoms with E-state index in [2.05, 4.69) is 26.0 Å². The summed E-state index contributed by atoms with van der Waals surface area (Å²) in [7, 11) is 1.70. The molecule has 1 unspecified atom stereocenters. The Hall–Kier alpha value is -1.09. The maximum absolute atomic E-state index is 5.64. The molecule has 2 N–H and O–H groups in total. The summed E-state index contributed by atoms with van der Waals surface area (Å²) in [6, 6.07) is 4.26. The van der Waals surface area contributed by atoms with Crippen LogP contribution in [0.1, 0.15) is 23.6 Å². The first-order valence-electron chi connectivity index (χ1n) is 5.39. The van der Waals surface area contributed by atoms with E-state index in [4.69, 9.17) is 22.7 Å². The van der Waals surface area contributed by atoms with Gasteiger partial charge in [0.15, 0.2) is 0 Å². The Morgan fingerprint density at radius 2 is 2.06 bits per heavy atom. The quantitative estimate of drug-likeness (QED) is 0.818. The van der Waals surface area contributed by atoms with Crippen molar-refractivity contribution in [3.8, 4) is 5.75 Å². The van der Waals surface area contributed by atoms with E-state index < -0.39 is 0 Å². The molecule has 1 aromatic rings. The van der Waals surface area contributed by atoms with Gasteiger partial charge in [0.1, 0.15) is 5.75 Å². The highest BCUT2D eigenvalue weighted by atomic mass is 32.1. The number of benzene rings is 1. The zero-order valence-electron chi connectivity index (χ0n) is 10.3. The fourth-order valence-electron chi connectivity index (χ4n) is 1.92. The molecule has 0 aliphatic carbocycles. The standard InChI is InChI=1S/C13H19NOS/c1-8-5-9(2)12(15-4)11(6-8)7-10(3)13(14)16/h5-6,10H,7H2,1-4H3,(H2,14,16). The first-order chi connectivity index (χ1) is 7.45. The molecule has 3 heteroatoms. The summed E-state index contributed by atoms with van der Waals surface area (Å²) >= 11 is 5.00. The number of hydrogen-bond donors (Lipinski definition) is 1. The normalized spacial score (nSPS) is 12.2. The molecule has 88 valence electrons. The molecule has 0 aliphatic rings. The minimum Gasteiger partial charge on any atom is -0.496 e. The number of methoxy groups -OCH3 is 1. The molecule has 1 aromatic carbocycles. The van der Waals surface area contributed by atoms with Crippen LogP contribution >= 0.6 is 12.2 Å². The molecule has 1 atom stereocenters. The van der Waals surface area contributed by atoms with Crippen LogP contribution in [0.4, 0.5) is 0 Å². The second kappa shape index (κ2) is 5.30. The monoisotopic (exact) mass is 237 g/mol. The second-order valence-corrected chi connectivity index (χ2v) is 4.75. The lowest BCUT2D eigenvalue weighted by atomic mass is 9.96. The molecule has 0 bridgehead atoms. The van der Waals surface area contributed by atoms with Crippen LogP contribution < -0.4 is 10.5 Å². The Morgan fingerprint density at radius 1 is 1.44 bits per heavy atom. The average Bonchev–Trinajstić information content (AvgIpc) is 2.16. The van der Waals surface area contributed by atoms with Crippen LogP contribution in [-0.4, -0.2) is 12.1 Å². The number of nitrogens with two attached hydrogens (primary N) is 1. The number of aryl methyl sites for hydroxylation is 2. The number of rotatable bonds is 4. The third-order valence-electron chi connectivity index (χ3n) is 2.71. The zero-order chi connectivity index (χ0) is 12.3. The van der Waals surface area contributed by atoms with E-state index in [0.29, 0.717) is 4.99 Å². The van der Waals surface area contributed by atoms with E-state index in [9.17, 15) is 0 Å². The Morgan fingerprint density at radius 3 is 2.56 bits per heavy atom. The van der Waals surface area contributed by atoms with Gasteiger partial charge in [-0.05, 0) is 31.4 Å². The topological polar surface area (TPSA) is 35.2 Å². The minimum atomic E-state index is 0.199. The Labute approximate surface area is 103 Å². The lowest BCUT2D eigenvalue weighted by Gasteiger charge is -2.15. The molecule has 1 rings (SSSR count). The van der Waals surface area contributed by atoms with E-state index in [0.717, 1.165) is 17.7 Å². The Kier molecular flexibility index (Phi) is 4.30. The molecule has 0 saturated heterocycles. The highest BCUT2D eigenvalue weighted by molar-refractivity contribution is 7.80. The van der Waals surface area contributed by atoms with E-state index in [1.54, 1.807) is 7.11 Å². The van der Waals surface area contributed by atoms with Gasteiger partial charge in [0.05, 0.1) is 12.1 Å². The van der Waals surface area contributed by atoms with Gasteiger partial charge in [-0.2, -0.15) is 0 Å². The first kappa shape index (κ1) is 13.0. The van der Waals surface area contributed by atoms with Crippen molar-refractivity contribution in [2.75, 3.05) is 7.11 Å². The zero-order valence-corrected chi connectivity index (χ0v) is 11.1. The number of hydrogen-bond acceptors (Lipinski definition) is 2. The summed E-state index contributed by atoms with van der Waals surface area (Å²) in [5.74, 6) is 1.15. The van der Waals surface area contributed by atoms with E-state index in [1.807, 2.05) is 6.92 Å². The minimum absolute atomic E-state index is 0.199. The maximum Gasteiger partial charge on any atom is 0.124 e. The third kappa shape index (κ3) is 2.95. The van der Waals surface area contributed by atoms with Crippen LogP contribution in [0.15, 0.2) is 12.1 Å². The van der Waals surface area contributed by atoms with Crippen LogP contribution in [-0.2, 0) is 6.42 Å². The summed E-state index contributed by atoms with van der Waals surface area (Å²) in [5, 5.41) is 0. The summed E-state index contributed by atoms with van der Waals surface area (Å²) in [4.78, 5) is 0.557. The molecule has 0 aromatic heterocycles. The van der Waals surface area contributed by atoms with Crippen molar-refractivity contribution in [2.45, 2.75) is 27.2 Å². The average molecular weight is 237 g/mol. The van der Waals surface area contributed by atoms with Gasteiger partial charge in [-0.1, -0.05) is 36.8 Å². The SMILES string of the molecule is COc1c(C)cc(C)cc1CC(C)C(N)=S. The van der Waals surface area contributed by atoms with Crippen LogP contribution in [0.2, 0.25) is 0 Å². The smallest absolute Gasteiger partial charge is 0.124 e. The Bertz CT molecular complexity index is 401. The van der Waals surface area contributed by atoms with Gasteiger partial charge in [-0.3, -0.25) is 0 Å². The van der Waals surface area contributed by atoms with Gasteiger partial charge in [-0.25, -0.2) is 0 Å². The fraction of sp³-hybridized carbons (Fsp3) is 0.462. The van der Waals surface area contributed by atoms with Gasteiger partial charge in [0.25, 0.3) is 0 Å².